The van der Waals surface area contributed by atoms with Crippen LogP contribution >= 0.6 is 0 Å². The van der Waals surface area contributed by atoms with E-state index in [1.165, 1.54) is 43.8 Å². The van der Waals surface area contributed by atoms with Gasteiger partial charge >= 0.3 is 0 Å². The predicted octanol–water partition coefficient (Wildman–Crippen LogP) is 22.4. The normalized spacial score (nSPS) is 11.9. The molecule has 18 rings (SSSR count). The molecule has 0 aliphatic rings. The van der Waals surface area contributed by atoms with E-state index in [-0.39, 0.29) is 0 Å². The molecule has 0 N–H and O–H groups in total. The minimum Gasteiger partial charge on any atom is -0.305 e. The molecule has 6 nitrogen and oxygen atoms in total. The van der Waals surface area contributed by atoms with Crippen molar-refractivity contribution < 1.29 is 0 Å². The Morgan fingerprint density at radius 3 is 0.750 bits per heavy atom. The fourth-order valence-electron chi connectivity index (χ4n) is 14.8. The predicted molar refractivity (Wildman–Crippen MR) is 386 cm³/mol. The van der Waals surface area contributed by atoms with Crippen LogP contribution < -0.4 is 0 Å². The van der Waals surface area contributed by atoms with Crippen LogP contribution in [-0.2, 0) is 0 Å². The highest BCUT2D eigenvalue weighted by molar-refractivity contribution is 6.17. The summed E-state index contributed by atoms with van der Waals surface area (Å²) < 4.78 is 10.0. The van der Waals surface area contributed by atoms with Gasteiger partial charge in [-0.05, 0) is 187 Å². The smallest absolute Gasteiger partial charge is 0.165 e. The molecule has 0 aliphatic carbocycles. The lowest BCUT2D eigenvalue weighted by molar-refractivity contribution is 0.961. The quantitative estimate of drug-likeness (QED) is 0.145. The fraction of sp³-hybridized carbons (Fsp3) is 0.0465. The van der Waals surface area contributed by atoms with Crippen molar-refractivity contribution in [3.8, 4) is 78.6 Å². The SMILES string of the molecule is Cc1ccc2c(c1)c1cc(C)ccc1n2-c1nc(-n2c3ccc(-c4ccccc4)cc3c3cc(-c4ccccc4)ccc32)c(-n2c3ccc(C)cc3c3cc(C)ccc32)c(-c2ccncc2)c1-n1c2ccc(-c3ccccc3)cc2c2cc(-c3ccccc3)ccc21. The molecule has 92 heavy (non-hydrogen) atoms. The molecule has 0 aliphatic heterocycles. The van der Waals surface area contributed by atoms with E-state index in [1.807, 2.05) is 12.4 Å². The molecule has 0 fully saturated rings. The standard InChI is InChI=1S/C86H60N6/c1-53-25-33-74-66(45-53)67-46-54(2)26-34-75(67)89(74)83-82(61-41-43-87-44-42-61)84(90-76-37-29-62(57-17-9-5-10-18-57)49-70(76)71-50-63(30-38-77(71)90)58-19-11-6-12-20-58)85(91-78-35-27-55(3)47-68(78)69-48-56(4)28-36-79(69)91)88-86(83)92-80-39-31-64(59-21-13-7-14-22-59)51-72(80)73-52-65(32-40-81(73)92)60-23-15-8-16-24-60/h5-52H,1-4H3. The van der Waals surface area contributed by atoms with Gasteiger partial charge in [-0.15, -0.1) is 0 Å². The van der Waals surface area contributed by atoms with E-state index >= 15 is 0 Å². The molecule has 6 heterocycles. The van der Waals surface area contributed by atoms with Crippen LogP contribution in [0.2, 0.25) is 0 Å². The van der Waals surface area contributed by atoms with E-state index in [4.69, 9.17) is 9.97 Å². The van der Waals surface area contributed by atoms with Crippen LogP contribution in [0, 0.1) is 27.7 Å². The van der Waals surface area contributed by atoms with Crippen molar-refractivity contribution in [1.82, 2.24) is 28.2 Å². The van der Waals surface area contributed by atoms with Gasteiger partial charge in [-0.2, -0.15) is 0 Å². The molecule has 0 saturated heterocycles. The molecule has 434 valence electrons. The van der Waals surface area contributed by atoms with Crippen LogP contribution in [0.1, 0.15) is 22.3 Å². The minimum absolute atomic E-state index is 0.781. The second-order valence-corrected chi connectivity index (χ2v) is 24.9. The maximum absolute atomic E-state index is 6.62. The summed E-state index contributed by atoms with van der Waals surface area (Å²) in [5.41, 5.74) is 26.3. The van der Waals surface area contributed by atoms with Gasteiger partial charge in [0.1, 0.15) is 11.4 Å². The van der Waals surface area contributed by atoms with Crippen LogP contribution in [0.25, 0.3) is 166 Å². The summed E-state index contributed by atoms with van der Waals surface area (Å²) in [6.45, 7) is 8.81. The molecule has 0 unspecified atom stereocenters. The number of fused-ring (bicyclic) bond motifs is 12. The fourth-order valence-corrected chi connectivity index (χ4v) is 14.8. The van der Waals surface area contributed by atoms with E-state index in [0.29, 0.717) is 0 Å². The Kier molecular flexibility index (Phi) is 12.1. The van der Waals surface area contributed by atoms with Crippen LogP contribution in [0.4, 0.5) is 0 Å². The Labute approximate surface area is 532 Å². The van der Waals surface area contributed by atoms with E-state index in [9.17, 15) is 0 Å². The van der Waals surface area contributed by atoms with Gasteiger partial charge in [-0.1, -0.05) is 192 Å². The highest BCUT2D eigenvalue weighted by Crippen LogP contribution is 2.50. The molecule has 12 aromatic carbocycles. The van der Waals surface area contributed by atoms with Crippen molar-refractivity contribution in [2.75, 3.05) is 0 Å². The summed E-state index contributed by atoms with van der Waals surface area (Å²) in [4.78, 5) is 11.4. The molecule has 6 aromatic heterocycles. The molecule has 6 heteroatoms. The van der Waals surface area contributed by atoms with Gasteiger partial charge in [0.25, 0.3) is 0 Å². The van der Waals surface area contributed by atoms with Crippen LogP contribution in [0.15, 0.2) is 291 Å². The lowest BCUT2D eigenvalue weighted by atomic mass is 10.0. The van der Waals surface area contributed by atoms with Crippen LogP contribution in [0.5, 0.6) is 0 Å². The van der Waals surface area contributed by atoms with Gasteiger partial charge in [0.15, 0.2) is 11.6 Å². The lowest BCUT2D eigenvalue weighted by Gasteiger charge is -2.27. The maximum atomic E-state index is 6.62. The summed E-state index contributed by atoms with van der Waals surface area (Å²) in [6.07, 6.45) is 3.90. The highest BCUT2D eigenvalue weighted by Gasteiger charge is 2.33. The number of benzene rings is 12. The van der Waals surface area contributed by atoms with Crippen LogP contribution in [-0.4, -0.2) is 28.2 Å². The Morgan fingerprint density at radius 1 is 0.217 bits per heavy atom. The largest absolute Gasteiger partial charge is 0.305 e. The van der Waals surface area contributed by atoms with Crippen LogP contribution in [0.3, 0.4) is 0 Å². The van der Waals surface area contributed by atoms with Gasteiger partial charge in [-0.25, -0.2) is 4.98 Å². The van der Waals surface area contributed by atoms with Gasteiger partial charge in [-0.3, -0.25) is 14.1 Å². The third-order valence-corrected chi connectivity index (χ3v) is 19.1. The van der Waals surface area contributed by atoms with Crippen molar-refractivity contribution in [3.05, 3.63) is 314 Å². The molecule has 0 atom stereocenters. The Hall–Kier alpha value is -11.9. The number of hydrogen-bond acceptors (Lipinski definition) is 2. The summed E-state index contributed by atoms with van der Waals surface area (Å²) in [5, 5.41) is 9.22. The average Bonchev–Trinajstić information content (AvgIpc) is 1.39. The Balaban J connectivity index is 1.10. The maximum Gasteiger partial charge on any atom is 0.165 e. The lowest BCUT2D eigenvalue weighted by Crippen LogP contribution is -2.16. The first-order valence-electron chi connectivity index (χ1n) is 31.7. The Morgan fingerprint density at radius 2 is 0.467 bits per heavy atom. The molecular weight excluding hydrogens is 1120 g/mol. The zero-order valence-electron chi connectivity index (χ0n) is 51.4. The molecule has 0 radical (unpaired) electrons. The van der Waals surface area contributed by atoms with Crippen molar-refractivity contribution >= 4 is 87.2 Å². The second-order valence-electron chi connectivity index (χ2n) is 24.9. The third-order valence-electron chi connectivity index (χ3n) is 19.1. The average molecular weight is 1180 g/mol. The molecule has 0 saturated carbocycles. The highest BCUT2D eigenvalue weighted by atomic mass is 15.2. The zero-order chi connectivity index (χ0) is 61.3. The van der Waals surface area contributed by atoms with Crippen molar-refractivity contribution in [2.24, 2.45) is 0 Å². The monoisotopic (exact) mass is 1180 g/mol. The van der Waals surface area contributed by atoms with Crippen molar-refractivity contribution in [3.63, 3.8) is 0 Å². The number of pyridine rings is 2. The Bertz CT molecular complexity index is 5700. The van der Waals surface area contributed by atoms with Gasteiger partial charge in [0, 0.05) is 61.0 Å². The van der Waals surface area contributed by atoms with Crippen molar-refractivity contribution in [2.45, 2.75) is 27.7 Å². The van der Waals surface area contributed by atoms with Gasteiger partial charge in [0.2, 0.25) is 0 Å². The number of nitrogens with zero attached hydrogens (tertiary/aromatic N) is 6. The first-order chi connectivity index (χ1) is 45.3. The third kappa shape index (κ3) is 8.34. The van der Waals surface area contributed by atoms with Gasteiger partial charge in [0.05, 0.1) is 44.1 Å². The molecule has 0 amide bonds. The molecule has 18 aromatic rings. The van der Waals surface area contributed by atoms with E-state index < -0.39 is 0 Å². The van der Waals surface area contributed by atoms with E-state index in [0.717, 1.165) is 144 Å². The number of aromatic nitrogens is 6. The number of rotatable bonds is 9. The topological polar surface area (TPSA) is 45.5 Å². The zero-order valence-corrected chi connectivity index (χ0v) is 51.4. The van der Waals surface area contributed by atoms with Gasteiger partial charge < -0.3 is 9.13 Å². The van der Waals surface area contributed by atoms with E-state index in [2.05, 4.69) is 325 Å². The molecule has 0 spiro atoms. The number of aryl methyl sites for hydroxylation is 4. The molecular formula is C86H60N6. The minimum atomic E-state index is 0.781. The number of hydrogen-bond donors (Lipinski definition) is 0. The first-order valence-corrected chi connectivity index (χ1v) is 31.7. The summed E-state index contributed by atoms with van der Waals surface area (Å²) in [6, 6.07) is 103. The summed E-state index contributed by atoms with van der Waals surface area (Å²) >= 11 is 0. The summed E-state index contributed by atoms with van der Waals surface area (Å²) in [5.74, 6) is 1.56. The molecule has 0 bridgehead atoms. The van der Waals surface area contributed by atoms with Crippen molar-refractivity contribution in [1.29, 1.82) is 0 Å². The first kappa shape index (κ1) is 53.2. The second kappa shape index (κ2) is 20.9. The summed E-state index contributed by atoms with van der Waals surface area (Å²) in [7, 11) is 0. The van der Waals surface area contributed by atoms with E-state index in [1.54, 1.807) is 0 Å².